The molecule has 6 aromatic carbocycles. The van der Waals surface area contributed by atoms with Gasteiger partial charge in [0.05, 0.1) is 12.4 Å². The van der Waals surface area contributed by atoms with E-state index in [1.54, 1.807) is 24.3 Å². The molecule has 56 heavy (non-hydrogen) atoms. The van der Waals surface area contributed by atoms with Crippen LogP contribution in [-0.4, -0.2) is 66.5 Å². The Morgan fingerprint density at radius 3 is 1.07 bits per heavy atom. The summed E-state index contributed by atoms with van der Waals surface area (Å²) >= 11 is 5.46. The van der Waals surface area contributed by atoms with Gasteiger partial charge in [-0.1, -0.05) is 55.5 Å². The predicted octanol–water partition coefficient (Wildman–Crippen LogP) is 4.49. The molecule has 8 nitrogen and oxygen atoms in total. The molecule has 12 heteroatoms. The van der Waals surface area contributed by atoms with Gasteiger partial charge >= 0.3 is 178 Å². The van der Waals surface area contributed by atoms with Crippen molar-refractivity contribution in [2.24, 2.45) is 20.4 Å². The van der Waals surface area contributed by atoms with Crippen LogP contribution < -0.4 is 34.7 Å². The van der Waals surface area contributed by atoms with Crippen LogP contribution in [0, 0.1) is 0 Å². The van der Waals surface area contributed by atoms with E-state index in [0.29, 0.717) is 24.0 Å². The maximum atomic E-state index is 11.7. The summed E-state index contributed by atoms with van der Waals surface area (Å²) in [7, 11) is 0. The molecule has 0 amide bonds. The van der Waals surface area contributed by atoms with Gasteiger partial charge in [-0.2, -0.15) is 20.4 Å². The second kappa shape index (κ2) is 25.8. The van der Waals surface area contributed by atoms with Crippen molar-refractivity contribution in [3.63, 3.8) is 0 Å². The fraction of sp³-hybridized carbons (Fsp3) is 0.0909. The summed E-state index contributed by atoms with van der Waals surface area (Å²) in [5.41, 5.74) is 0.640. The summed E-state index contributed by atoms with van der Waals surface area (Å²) in [5, 5.41) is 60.9. The minimum absolute atomic E-state index is 0.119. The number of halogens is 2. The fourth-order valence-corrected chi connectivity index (χ4v) is 11.4. The summed E-state index contributed by atoms with van der Waals surface area (Å²) in [6.45, 7) is 0. The van der Waals surface area contributed by atoms with Crippen LogP contribution in [0.25, 0.3) is 0 Å². The van der Waals surface area contributed by atoms with Gasteiger partial charge in [-0.3, -0.25) is 0 Å². The van der Waals surface area contributed by atoms with Crippen LogP contribution >= 0.6 is 31.9 Å². The number of rotatable bonds is 13. The molecule has 0 radical (unpaired) electrons. The molecule has 6 rings (SSSR count). The Kier molecular flexibility index (Phi) is 20.5. The predicted molar refractivity (Wildman–Crippen MR) is 232 cm³/mol. The van der Waals surface area contributed by atoms with E-state index < -0.39 is 54.1 Å². The third-order valence-electron chi connectivity index (χ3n) is 7.38. The summed E-state index contributed by atoms with van der Waals surface area (Å²) in [5.74, 6) is -1.34. The van der Waals surface area contributed by atoms with E-state index in [-0.39, 0.29) is 24.3 Å². The SMILES string of the molecule is [O-]/C(CCCC/C([O-])=N/N=C/c1cc(Br)ccc1[O-])=N\N=C\c1cc(Br)ccc1[O-].c1cc[c]([Sn+2][c]2ccccc2)cc1.c1cc[c]([Sn+2][c]2ccccc2)cc1. The van der Waals surface area contributed by atoms with E-state index in [0.717, 1.165) is 8.95 Å². The Hall–Kier alpha value is -4.24. The van der Waals surface area contributed by atoms with Crippen LogP contribution in [-0.2, 0) is 0 Å². The van der Waals surface area contributed by atoms with Crippen molar-refractivity contribution in [3.8, 4) is 11.5 Å². The van der Waals surface area contributed by atoms with Crippen molar-refractivity contribution < 1.29 is 20.4 Å². The van der Waals surface area contributed by atoms with E-state index in [9.17, 15) is 20.4 Å². The molecule has 0 saturated carbocycles. The van der Waals surface area contributed by atoms with Crippen LogP contribution in [0.5, 0.6) is 11.5 Å². The average molecular weight is 1080 g/mol. The molecule has 6 aromatic rings. The topological polar surface area (TPSA) is 142 Å². The zero-order chi connectivity index (χ0) is 39.8. The first-order chi connectivity index (χ1) is 27.2. The third-order valence-corrected chi connectivity index (χ3v) is 15.5. The monoisotopic (exact) mass is 1080 g/mol. The van der Waals surface area contributed by atoms with E-state index in [1.807, 2.05) is 0 Å². The van der Waals surface area contributed by atoms with Gasteiger partial charge in [0.2, 0.25) is 0 Å². The molecule has 0 saturated heterocycles. The van der Waals surface area contributed by atoms with Crippen molar-refractivity contribution in [1.82, 2.24) is 0 Å². The Balaban J connectivity index is 0.000000218. The molecule has 0 bridgehead atoms. The average Bonchev–Trinajstić information content (AvgIpc) is 3.21. The Morgan fingerprint density at radius 1 is 0.464 bits per heavy atom. The van der Waals surface area contributed by atoms with Crippen LogP contribution in [0.15, 0.2) is 187 Å². The van der Waals surface area contributed by atoms with Gasteiger partial charge in [-0.05, 0) is 72.9 Å². The van der Waals surface area contributed by atoms with Gasteiger partial charge in [0.15, 0.2) is 0 Å². The summed E-state index contributed by atoms with van der Waals surface area (Å²) in [6.07, 6.45) is 3.56. The number of hydrogen-bond acceptors (Lipinski definition) is 8. The van der Waals surface area contributed by atoms with Crippen molar-refractivity contribution in [3.05, 3.63) is 178 Å². The van der Waals surface area contributed by atoms with Crippen LogP contribution in [0.4, 0.5) is 0 Å². The minimum atomic E-state index is -0.517. The van der Waals surface area contributed by atoms with Gasteiger partial charge < -0.3 is 20.4 Å². The normalized spacial score (nSPS) is 11.2. The van der Waals surface area contributed by atoms with Crippen LogP contribution in [0.2, 0.25) is 0 Å². The molecule has 0 heterocycles. The maximum absolute atomic E-state index is 11.7. The van der Waals surface area contributed by atoms with Gasteiger partial charge in [-0.25, -0.2) is 0 Å². The first-order valence-electron chi connectivity index (χ1n) is 17.5. The second-order valence-electron chi connectivity index (χ2n) is 11.8. The number of benzene rings is 6. The Labute approximate surface area is 365 Å². The fourth-order valence-electron chi connectivity index (χ4n) is 4.62. The molecular formula is C44H36Br2N4O4Sn2. The Bertz CT molecular complexity index is 1950. The van der Waals surface area contributed by atoms with Crippen molar-refractivity contribution in [1.29, 1.82) is 0 Å². The van der Waals surface area contributed by atoms with Gasteiger partial charge in [0.1, 0.15) is 0 Å². The van der Waals surface area contributed by atoms with Gasteiger partial charge in [0.25, 0.3) is 0 Å². The third kappa shape index (κ3) is 18.1. The zero-order valence-electron chi connectivity index (χ0n) is 30.2. The molecule has 0 aromatic heterocycles. The first kappa shape index (κ1) is 44.5. The Morgan fingerprint density at radius 2 is 0.768 bits per heavy atom. The van der Waals surface area contributed by atoms with Crippen LogP contribution in [0.3, 0.4) is 0 Å². The standard InChI is InChI=1S/C20H20Br2N4O4.4C6H5.2Sn/c21-15-5-7-17(27)13(9-15)11-23-25-19(29)3-1-2-4-20(30)26-24-12-14-10-16(22)6-8-18(14)28;4*1-2-4-6-5-3-1;;/h5-12,27-28H,1-4H2,(H,25,29)(H,26,30);4*1-5H;;/q;;;;;2*+2/p-4/b23-11+,24-12+;;;;;;. The zero-order valence-corrected chi connectivity index (χ0v) is 39.1. The molecular weight excluding hydrogens is 1050 g/mol. The van der Waals surface area contributed by atoms with Gasteiger partial charge in [-0.15, -0.1) is 0 Å². The molecule has 0 N–H and O–H groups in total. The molecule has 0 atom stereocenters. The van der Waals surface area contributed by atoms with Crippen LogP contribution in [0.1, 0.15) is 36.8 Å². The molecule has 0 aliphatic heterocycles. The summed E-state index contributed by atoms with van der Waals surface area (Å²) < 4.78 is 7.60. The molecule has 0 spiro atoms. The summed E-state index contributed by atoms with van der Waals surface area (Å²) in [6, 6.07) is 52.3. The van der Waals surface area contributed by atoms with E-state index in [4.69, 9.17) is 0 Å². The molecule has 0 unspecified atom stereocenters. The van der Waals surface area contributed by atoms with E-state index in [1.165, 1.54) is 38.9 Å². The van der Waals surface area contributed by atoms with E-state index >= 15 is 0 Å². The van der Waals surface area contributed by atoms with E-state index in [2.05, 4.69) is 174 Å². The molecule has 0 aliphatic rings. The number of hydrogen-bond donors (Lipinski definition) is 0. The van der Waals surface area contributed by atoms with Gasteiger partial charge in [0, 0.05) is 8.95 Å². The second-order valence-corrected chi connectivity index (χ2v) is 21.6. The quantitative estimate of drug-likeness (QED) is 0.0553. The van der Waals surface area contributed by atoms with Crippen molar-refractivity contribution >= 4 is 113 Å². The summed E-state index contributed by atoms with van der Waals surface area (Å²) in [4.78, 5) is 0. The number of nitrogens with zero attached hydrogens (tertiary/aromatic N) is 4. The molecule has 0 aliphatic carbocycles. The number of unbranched alkanes of at least 4 members (excludes halogenated alkanes) is 1. The first-order valence-corrected chi connectivity index (χ1v) is 24.8. The van der Waals surface area contributed by atoms with Crippen molar-refractivity contribution in [2.75, 3.05) is 0 Å². The molecule has 0 fully saturated rings. The molecule has 278 valence electrons. The van der Waals surface area contributed by atoms with Crippen molar-refractivity contribution in [2.45, 2.75) is 25.7 Å².